The van der Waals surface area contributed by atoms with Crippen LogP contribution in [-0.4, -0.2) is 25.7 Å². The van der Waals surface area contributed by atoms with Gasteiger partial charge in [-0.1, -0.05) is 65.6 Å². The van der Waals surface area contributed by atoms with Gasteiger partial charge in [0.25, 0.3) is 0 Å². The summed E-state index contributed by atoms with van der Waals surface area (Å²) in [7, 11) is 0. The summed E-state index contributed by atoms with van der Waals surface area (Å²) < 4.78 is 2.67. The van der Waals surface area contributed by atoms with Crippen molar-refractivity contribution in [1.82, 2.24) is 19.7 Å². The van der Waals surface area contributed by atoms with Crippen molar-refractivity contribution in [2.45, 2.75) is 23.9 Å². The first kappa shape index (κ1) is 18.5. The minimum atomic E-state index is -0.569. The molecule has 4 rings (SSSR count). The number of aromatic nitrogens is 4. The molecule has 28 heavy (non-hydrogen) atoms. The molecule has 0 bridgehead atoms. The molecule has 2 aromatic heterocycles. The average molecular weight is 411 g/mol. The number of carbonyl (C=O) groups excluding carboxylic acids is 1. The number of hydrogen-bond donors (Lipinski definition) is 2. The van der Waals surface area contributed by atoms with E-state index in [1.807, 2.05) is 54.6 Å². The van der Waals surface area contributed by atoms with Crippen LogP contribution in [0.25, 0.3) is 10.2 Å². The number of anilines is 2. The summed E-state index contributed by atoms with van der Waals surface area (Å²) >= 11 is 2.93. The summed E-state index contributed by atoms with van der Waals surface area (Å²) in [4.78, 5) is 17.2. The van der Waals surface area contributed by atoms with Crippen LogP contribution in [0.1, 0.15) is 18.5 Å². The van der Waals surface area contributed by atoms with Crippen molar-refractivity contribution in [3.05, 3.63) is 60.2 Å². The molecule has 4 aromatic rings. The predicted octanol–water partition coefficient (Wildman–Crippen LogP) is 3.96. The SMILES string of the molecule is CC(C(=O)Nc1nc2ccccc2s1)n1c(N)nnc1SCc1ccccc1. The third-order valence-corrected chi connectivity index (χ3v) is 6.16. The van der Waals surface area contributed by atoms with Crippen molar-refractivity contribution in [3.8, 4) is 0 Å². The fraction of sp³-hybridized carbons (Fsp3) is 0.158. The number of fused-ring (bicyclic) bond motifs is 1. The minimum Gasteiger partial charge on any atom is -0.368 e. The van der Waals surface area contributed by atoms with Crippen molar-refractivity contribution in [2.75, 3.05) is 11.1 Å². The smallest absolute Gasteiger partial charge is 0.249 e. The maximum Gasteiger partial charge on any atom is 0.249 e. The molecule has 142 valence electrons. The summed E-state index contributed by atoms with van der Waals surface area (Å²) in [5.41, 5.74) is 8.01. The van der Waals surface area contributed by atoms with Gasteiger partial charge in [0.2, 0.25) is 11.9 Å². The molecule has 1 unspecified atom stereocenters. The highest BCUT2D eigenvalue weighted by molar-refractivity contribution is 7.98. The second-order valence-corrected chi connectivity index (χ2v) is 8.11. The Morgan fingerprint density at radius 2 is 1.93 bits per heavy atom. The molecule has 0 saturated heterocycles. The fourth-order valence-corrected chi connectivity index (χ4v) is 4.57. The summed E-state index contributed by atoms with van der Waals surface area (Å²) in [6.45, 7) is 1.77. The van der Waals surface area contributed by atoms with E-state index in [0.717, 1.165) is 15.8 Å². The second kappa shape index (κ2) is 7.99. The Hall–Kier alpha value is -2.91. The van der Waals surface area contributed by atoms with Gasteiger partial charge in [0.05, 0.1) is 10.2 Å². The molecule has 0 aliphatic rings. The number of nitrogens with zero attached hydrogens (tertiary/aromatic N) is 4. The maximum atomic E-state index is 12.8. The van der Waals surface area contributed by atoms with Crippen LogP contribution < -0.4 is 11.1 Å². The standard InChI is InChI=1S/C19H18N6OS2/c1-12(16(26)22-18-21-14-9-5-6-10-15(14)28-18)25-17(20)23-24-19(25)27-11-13-7-3-2-4-8-13/h2-10,12H,11H2,1H3,(H2,20,23)(H,21,22,26). The summed E-state index contributed by atoms with van der Waals surface area (Å²) in [5.74, 6) is 0.709. The molecule has 0 fully saturated rings. The molecule has 2 heterocycles. The second-order valence-electron chi connectivity index (χ2n) is 6.14. The zero-order valence-corrected chi connectivity index (χ0v) is 16.7. The van der Waals surface area contributed by atoms with Gasteiger partial charge in [0.1, 0.15) is 6.04 Å². The Morgan fingerprint density at radius 1 is 1.18 bits per heavy atom. The van der Waals surface area contributed by atoms with Gasteiger partial charge < -0.3 is 11.1 Å². The summed E-state index contributed by atoms with van der Waals surface area (Å²) in [5, 5.41) is 12.1. The average Bonchev–Trinajstić information content (AvgIpc) is 3.29. The monoisotopic (exact) mass is 410 g/mol. The zero-order valence-electron chi connectivity index (χ0n) is 15.1. The third kappa shape index (κ3) is 3.85. The van der Waals surface area contributed by atoms with Gasteiger partial charge in [-0.05, 0) is 24.6 Å². The van der Waals surface area contributed by atoms with Crippen molar-refractivity contribution in [3.63, 3.8) is 0 Å². The number of benzene rings is 2. The van der Waals surface area contributed by atoms with Gasteiger partial charge in [-0.2, -0.15) is 0 Å². The highest BCUT2D eigenvalue weighted by Gasteiger charge is 2.23. The van der Waals surface area contributed by atoms with Gasteiger partial charge in [-0.25, -0.2) is 4.98 Å². The van der Waals surface area contributed by atoms with E-state index in [4.69, 9.17) is 5.73 Å². The molecule has 0 saturated carbocycles. The number of rotatable bonds is 6. The molecule has 2 aromatic carbocycles. The van der Waals surface area contributed by atoms with E-state index in [-0.39, 0.29) is 11.9 Å². The molecule has 7 nitrogen and oxygen atoms in total. The summed E-state index contributed by atoms with van der Waals surface area (Å²) in [6, 6.07) is 17.2. The van der Waals surface area contributed by atoms with Gasteiger partial charge in [0.15, 0.2) is 10.3 Å². The van der Waals surface area contributed by atoms with Crippen molar-refractivity contribution < 1.29 is 4.79 Å². The van der Waals surface area contributed by atoms with Crippen LogP contribution in [-0.2, 0) is 10.5 Å². The maximum absolute atomic E-state index is 12.8. The number of thioether (sulfide) groups is 1. The van der Waals surface area contributed by atoms with Crippen LogP contribution in [0.15, 0.2) is 59.8 Å². The number of nitrogens with two attached hydrogens (primary N) is 1. The molecule has 0 spiro atoms. The van der Waals surface area contributed by atoms with Gasteiger partial charge in [0, 0.05) is 5.75 Å². The van der Waals surface area contributed by atoms with Crippen LogP contribution in [0.4, 0.5) is 11.1 Å². The van der Waals surface area contributed by atoms with E-state index in [1.165, 1.54) is 23.1 Å². The molecule has 0 aliphatic carbocycles. The number of para-hydroxylation sites is 1. The van der Waals surface area contributed by atoms with Crippen LogP contribution in [0.2, 0.25) is 0 Å². The molecular formula is C19H18N6OS2. The van der Waals surface area contributed by atoms with Crippen LogP contribution in [0, 0.1) is 0 Å². The lowest BCUT2D eigenvalue weighted by molar-refractivity contribution is -0.118. The lowest BCUT2D eigenvalue weighted by Gasteiger charge is -2.15. The predicted molar refractivity (Wildman–Crippen MR) is 113 cm³/mol. The Morgan fingerprint density at radius 3 is 2.71 bits per heavy atom. The van der Waals surface area contributed by atoms with Crippen LogP contribution >= 0.6 is 23.1 Å². The topological polar surface area (TPSA) is 98.7 Å². The molecule has 0 radical (unpaired) electrons. The van der Waals surface area contributed by atoms with Gasteiger partial charge >= 0.3 is 0 Å². The van der Waals surface area contributed by atoms with E-state index in [2.05, 4.69) is 20.5 Å². The Kier molecular flexibility index (Phi) is 5.27. The third-order valence-electron chi connectivity index (χ3n) is 4.19. The largest absolute Gasteiger partial charge is 0.368 e. The molecular weight excluding hydrogens is 392 g/mol. The molecule has 9 heteroatoms. The van der Waals surface area contributed by atoms with Crippen molar-refractivity contribution in [1.29, 1.82) is 0 Å². The van der Waals surface area contributed by atoms with E-state index in [1.54, 1.807) is 11.5 Å². The van der Waals surface area contributed by atoms with Crippen molar-refractivity contribution >= 4 is 50.3 Å². The zero-order chi connectivity index (χ0) is 19.5. The van der Waals surface area contributed by atoms with E-state index in [9.17, 15) is 4.79 Å². The lowest BCUT2D eigenvalue weighted by atomic mass is 10.2. The molecule has 1 amide bonds. The highest BCUT2D eigenvalue weighted by atomic mass is 32.2. The number of hydrogen-bond acceptors (Lipinski definition) is 7. The number of nitrogens with one attached hydrogen (secondary N) is 1. The molecule has 0 aliphatic heterocycles. The van der Waals surface area contributed by atoms with Crippen LogP contribution in [0.5, 0.6) is 0 Å². The van der Waals surface area contributed by atoms with E-state index >= 15 is 0 Å². The number of carbonyl (C=O) groups is 1. The summed E-state index contributed by atoms with van der Waals surface area (Å²) in [6.07, 6.45) is 0. The Bertz CT molecular complexity index is 1080. The fourth-order valence-electron chi connectivity index (χ4n) is 2.73. The van der Waals surface area contributed by atoms with Gasteiger partial charge in [-0.15, -0.1) is 10.2 Å². The lowest BCUT2D eigenvalue weighted by Crippen LogP contribution is -2.25. The van der Waals surface area contributed by atoms with Crippen molar-refractivity contribution in [2.24, 2.45) is 0 Å². The highest BCUT2D eigenvalue weighted by Crippen LogP contribution is 2.29. The Balaban J connectivity index is 1.49. The minimum absolute atomic E-state index is 0.211. The number of nitrogen functional groups attached to an aromatic ring is 1. The van der Waals surface area contributed by atoms with E-state index < -0.39 is 6.04 Å². The normalized spacial score (nSPS) is 12.2. The first-order valence-electron chi connectivity index (χ1n) is 8.65. The molecule has 1 atom stereocenters. The quantitative estimate of drug-likeness (QED) is 0.467. The number of thiazole rings is 1. The molecule has 3 N–H and O–H groups in total. The Labute approximate surface area is 170 Å². The first-order valence-corrected chi connectivity index (χ1v) is 10.5. The number of amides is 1. The first-order chi connectivity index (χ1) is 13.6. The van der Waals surface area contributed by atoms with Crippen LogP contribution in [0.3, 0.4) is 0 Å². The van der Waals surface area contributed by atoms with Gasteiger partial charge in [-0.3, -0.25) is 9.36 Å². The van der Waals surface area contributed by atoms with E-state index in [0.29, 0.717) is 16.0 Å².